The summed E-state index contributed by atoms with van der Waals surface area (Å²) in [5.74, 6) is -0.939. The van der Waals surface area contributed by atoms with E-state index in [-0.39, 0.29) is 5.54 Å². The van der Waals surface area contributed by atoms with E-state index in [1.165, 1.54) is 0 Å². The fourth-order valence-corrected chi connectivity index (χ4v) is 0.726. The summed E-state index contributed by atoms with van der Waals surface area (Å²) < 4.78 is 0. The van der Waals surface area contributed by atoms with Crippen molar-refractivity contribution in [2.45, 2.75) is 38.8 Å². The second-order valence-corrected chi connectivity index (χ2v) is 3.91. The molecule has 0 heterocycles. The zero-order valence-electron chi connectivity index (χ0n) is 7.92. The van der Waals surface area contributed by atoms with E-state index in [1.54, 1.807) is 0 Å². The lowest BCUT2D eigenvalue weighted by Crippen LogP contribution is -2.40. The molecule has 4 nitrogen and oxygen atoms in total. The Morgan fingerprint density at radius 1 is 1.58 bits per heavy atom. The number of nitrogens with two attached hydrogens (primary N) is 1. The van der Waals surface area contributed by atoms with E-state index >= 15 is 0 Å². The Hall–Kier alpha value is -0.610. The van der Waals surface area contributed by atoms with E-state index < -0.39 is 12.0 Å². The zero-order chi connectivity index (χ0) is 9.78. The second-order valence-electron chi connectivity index (χ2n) is 3.91. The van der Waals surface area contributed by atoms with Crippen LogP contribution in [0.1, 0.15) is 27.2 Å². The average Bonchev–Trinajstić information content (AvgIpc) is 1.84. The molecule has 0 radical (unpaired) electrons. The number of nitrogens with one attached hydrogen (secondary N) is 1. The maximum absolute atomic E-state index is 10.3. The Labute approximate surface area is 73.1 Å². The van der Waals surface area contributed by atoms with Gasteiger partial charge in [-0.15, -0.1) is 0 Å². The normalized spacial score (nSPS) is 14.3. The molecule has 0 aromatic heterocycles. The Balaban J connectivity index is 3.51. The molecule has 1 atom stereocenters. The molecule has 0 saturated heterocycles. The molecule has 4 N–H and O–H groups in total. The Kier molecular flexibility index (Phi) is 4.20. The summed E-state index contributed by atoms with van der Waals surface area (Å²) >= 11 is 0. The number of rotatable bonds is 4. The van der Waals surface area contributed by atoms with Crippen molar-refractivity contribution >= 4 is 5.97 Å². The highest BCUT2D eigenvalue weighted by Gasteiger charge is 2.13. The predicted molar refractivity (Wildman–Crippen MR) is 48.0 cm³/mol. The summed E-state index contributed by atoms with van der Waals surface area (Å²) in [5, 5.41) is 11.6. The van der Waals surface area contributed by atoms with Gasteiger partial charge in [-0.2, -0.15) is 0 Å². The highest BCUT2D eigenvalue weighted by Crippen LogP contribution is 1.98. The lowest BCUT2D eigenvalue weighted by Gasteiger charge is -2.20. The average molecular weight is 174 g/mol. The highest BCUT2D eigenvalue weighted by molar-refractivity contribution is 5.72. The molecule has 0 aliphatic heterocycles. The van der Waals surface area contributed by atoms with Gasteiger partial charge in [0.25, 0.3) is 0 Å². The molecular weight excluding hydrogens is 156 g/mol. The summed E-state index contributed by atoms with van der Waals surface area (Å²) in [6.45, 7) is 6.72. The smallest absolute Gasteiger partial charge is 0.320 e. The number of carboxylic acids is 1. The first-order valence-corrected chi connectivity index (χ1v) is 4.06. The van der Waals surface area contributed by atoms with Crippen molar-refractivity contribution in [3.63, 3.8) is 0 Å². The summed E-state index contributed by atoms with van der Waals surface area (Å²) in [6.07, 6.45) is 0.465. The maximum Gasteiger partial charge on any atom is 0.320 e. The number of carbonyl (C=O) groups is 1. The molecule has 1 unspecified atom stereocenters. The summed E-state index contributed by atoms with van der Waals surface area (Å²) in [5.41, 5.74) is 5.33. The van der Waals surface area contributed by atoms with Gasteiger partial charge in [-0.3, -0.25) is 4.79 Å². The second kappa shape index (κ2) is 4.42. The van der Waals surface area contributed by atoms with E-state index in [4.69, 9.17) is 10.8 Å². The third-order valence-corrected chi connectivity index (χ3v) is 1.43. The van der Waals surface area contributed by atoms with Gasteiger partial charge in [-0.25, -0.2) is 0 Å². The van der Waals surface area contributed by atoms with Crippen molar-refractivity contribution in [2.24, 2.45) is 5.73 Å². The molecule has 0 spiro atoms. The van der Waals surface area contributed by atoms with Crippen LogP contribution < -0.4 is 11.1 Å². The lowest BCUT2D eigenvalue weighted by atomic mass is 10.1. The van der Waals surface area contributed by atoms with Crippen LogP contribution in [-0.2, 0) is 4.79 Å². The van der Waals surface area contributed by atoms with Gasteiger partial charge in [-0.05, 0) is 33.7 Å². The van der Waals surface area contributed by atoms with Crippen molar-refractivity contribution in [1.29, 1.82) is 0 Å². The van der Waals surface area contributed by atoms with Gasteiger partial charge in [0.05, 0.1) is 0 Å². The standard InChI is InChI=1S/C8H18N2O2/c1-8(2,3)10-5-4-6(9)7(11)12/h6,10H,4-5,9H2,1-3H3,(H,11,12). The van der Waals surface area contributed by atoms with Crippen LogP contribution in [0.25, 0.3) is 0 Å². The van der Waals surface area contributed by atoms with Gasteiger partial charge >= 0.3 is 5.97 Å². The quantitative estimate of drug-likeness (QED) is 0.568. The Bertz CT molecular complexity index is 152. The van der Waals surface area contributed by atoms with Gasteiger partial charge in [0.2, 0.25) is 0 Å². The minimum Gasteiger partial charge on any atom is -0.480 e. The first kappa shape index (κ1) is 11.4. The Morgan fingerprint density at radius 3 is 2.42 bits per heavy atom. The van der Waals surface area contributed by atoms with Crippen LogP contribution in [0.5, 0.6) is 0 Å². The molecule has 0 aliphatic carbocycles. The van der Waals surface area contributed by atoms with Crippen LogP contribution in [0, 0.1) is 0 Å². The third-order valence-electron chi connectivity index (χ3n) is 1.43. The molecule has 72 valence electrons. The van der Waals surface area contributed by atoms with Crippen LogP contribution in [-0.4, -0.2) is 29.2 Å². The van der Waals surface area contributed by atoms with Crippen LogP contribution in [0.4, 0.5) is 0 Å². The summed E-state index contributed by atoms with van der Waals surface area (Å²) in [6, 6.07) is -0.750. The summed E-state index contributed by atoms with van der Waals surface area (Å²) in [7, 11) is 0. The molecule has 0 aliphatic rings. The van der Waals surface area contributed by atoms with Crippen LogP contribution in [0.2, 0.25) is 0 Å². The fourth-order valence-electron chi connectivity index (χ4n) is 0.726. The van der Waals surface area contributed by atoms with Crippen molar-refractivity contribution in [1.82, 2.24) is 5.32 Å². The first-order valence-electron chi connectivity index (χ1n) is 4.06. The molecule has 0 bridgehead atoms. The van der Waals surface area contributed by atoms with Crippen LogP contribution in [0.3, 0.4) is 0 Å². The topological polar surface area (TPSA) is 75.3 Å². The molecular formula is C8H18N2O2. The van der Waals surface area contributed by atoms with E-state index in [9.17, 15) is 4.79 Å². The molecule has 0 aromatic rings. The fraction of sp³-hybridized carbons (Fsp3) is 0.875. The van der Waals surface area contributed by atoms with Gasteiger partial charge in [0.15, 0.2) is 0 Å². The molecule has 12 heavy (non-hydrogen) atoms. The minimum atomic E-state index is -0.939. The van der Waals surface area contributed by atoms with E-state index in [2.05, 4.69) is 5.32 Å². The van der Waals surface area contributed by atoms with Crippen molar-refractivity contribution in [2.75, 3.05) is 6.54 Å². The number of hydrogen-bond acceptors (Lipinski definition) is 3. The van der Waals surface area contributed by atoms with Gasteiger partial charge in [0.1, 0.15) is 6.04 Å². The predicted octanol–water partition coefficient (Wildman–Crippen LogP) is 0.177. The van der Waals surface area contributed by atoms with Crippen molar-refractivity contribution in [3.8, 4) is 0 Å². The minimum absolute atomic E-state index is 0.0260. The van der Waals surface area contributed by atoms with Crippen LogP contribution >= 0.6 is 0 Å². The summed E-state index contributed by atoms with van der Waals surface area (Å²) in [4.78, 5) is 10.3. The number of carboxylic acid groups (broad SMARTS) is 1. The third kappa shape index (κ3) is 6.12. The monoisotopic (exact) mass is 174 g/mol. The van der Waals surface area contributed by atoms with Gasteiger partial charge in [-0.1, -0.05) is 0 Å². The molecule has 4 heteroatoms. The molecule has 0 aromatic carbocycles. The lowest BCUT2D eigenvalue weighted by molar-refractivity contribution is -0.138. The number of hydrogen-bond donors (Lipinski definition) is 3. The van der Waals surface area contributed by atoms with Crippen LogP contribution in [0.15, 0.2) is 0 Å². The molecule has 0 rings (SSSR count). The zero-order valence-corrected chi connectivity index (χ0v) is 7.92. The first-order chi connectivity index (χ1) is 5.33. The van der Waals surface area contributed by atoms with Gasteiger partial charge in [0, 0.05) is 5.54 Å². The van der Waals surface area contributed by atoms with E-state index in [0.29, 0.717) is 13.0 Å². The van der Waals surface area contributed by atoms with E-state index in [0.717, 1.165) is 0 Å². The number of aliphatic carboxylic acids is 1. The Morgan fingerprint density at radius 2 is 2.08 bits per heavy atom. The highest BCUT2D eigenvalue weighted by atomic mass is 16.4. The van der Waals surface area contributed by atoms with Gasteiger partial charge < -0.3 is 16.2 Å². The molecule has 0 fully saturated rings. The maximum atomic E-state index is 10.3. The molecule has 0 amide bonds. The van der Waals surface area contributed by atoms with E-state index in [1.807, 2.05) is 20.8 Å². The largest absolute Gasteiger partial charge is 0.480 e. The van der Waals surface area contributed by atoms with Crippen molar-refractivity contribution < 1.29 is 9.90 Å². The SMILES string of the molecule is CC(C)(C)NCCC(N)C(=O)O. The molecule has 0 saturated carbocycles. The van der Waals surface area contributed by atoms with Crippen molar-refractivity contribution in [3.05, 3.63) is 0 Å².